The zero-order valence-corrected chi connectivity index (χ0v) is 24.7. The molecule has 3 nitrogen and oxygen atoms in total. The summed E-state index contributed by atoms with van der Waals surface area (Å²) in [6.07, 6.45) is 0. The van der Waals surface area contributed by atoms with E-state index in [-0.39, 0.29) is 40.6 Å². The van der Waals surface area contributed by atoms with Gasteiger partial charge in [0.05, 0.1) is 5.48 Å². The summed E-state index contributed by atoms with van der Waals surface area (Å²) in [6, 6.07) is 42.8. The van der Waals surface area contributed by atoms with Crippen LogP contribution in [0.15, 0.2) is 158 Å². The van der Waals surface area contributed by atoms with E-state index in [1.165, 1.54) is 0 Å². The Kier molecular flexibility index (Phi) is 5.81. The fraction of sp³-hybridized carbons (Fsp3) is 0. The van der Waals surface area contributed by atoms with E-state index in [1.54, 1.807) is 24.3 Å². The molecule has 0 bridgehead atoms. The minimum absolute atomic E-state index is 0.0622. The first-order chi connectivity index (χ1) is 23.9. The molecule has 45 heavy (non-hydrogen) atoms. The summed E-state index contributed by atoms with van der Waals surface area (Å²) in [4.78, 5) is 13.5. The lowest BCUT2D eigenvalue weighted by Crippen LogP contribution is -1.97. The molecule has 212 valence electrons. The monoisotopic (exact) mass is 599 g/mol. The van der Waals surface area contributed by atoms with Gasteiger partial charge in [0.15, 0.2) is 11.6 Å². The third-order valence-electron chi connectivity index (χ3n) is 7.93. The number of hydrogen-bond acceptors (Lipinski definition) is 3. The van der Waals surface area contributed by atoms with Crippen molar-refractivity contribution in [2.24, 2.45) is 0 Å². The highest BCUT2D eigenvalue weighted by Crippen LogP contribution is 2.32. The van der Waals surface area contributed by atoms with Crippen LogP contribution in [0, 0.1) is 0 Å². The Balaban J connectivity index is 1.13. The van der Waals surface area contributed by atoms with Crippen LogP contribution < -0.4 is 0 Å². The van der Waals surface area contributed by atoms with E-state index >= 15 is 0 Å². The molecule has 0 amide bonds. The summed E-state index contributed by atoms with van der Waals surface area (Å²) in [5.74, 6) is 0.823. The third kappa shape index (κ3) is 5.35. The van der Waals surface area contributed by atoms with Gasteiger partial charge in [-0.1, -0.05) is 145 Å². The van der Waals surface area contributed by atoms with Crippen LogP contribution in [-0.4, -0.2) is 15.0 Å². The molecular weight excluding hydrogens is 570 g/mol. The molecule has 4 heteroatoms. The Morgan fingerprint density at radius 2 is 0.956 bits per heavy atom. The van der Waals surface area contributed by atoms with Gasteiger partial charge in [-0.15, -0.1) is 0 Å². The van der Waals surface area contributed by atoms with Crippen molar-refractivity contribution in [3.63, 3.8) is 0 Å². The molecule has 0 aliphatic heterocycles. The normalized spacial score (nSPS) is 12.5. The first-order valence-corrected chi connectivity index (χ1v) is 14.9. The molecule has 0 atom stereocenters. The maximum Gasteiger partial charge on any atom is 0.226 e. The Morgan fingerprint density at radius 3 is 1.73 bits per heavy atom. The van der Waals surface area contributed by atoms with E-state index < -0.39 is 0 Å². The summed E-state index contributed by atoms with van der Waals surface area (Å²) in [6.45, 7) is 0. The summed E-state index contributed by atoms with van der Waals surface area (Å²) >= 11 is 6.41. The molecule has 8 aromatic rings. The quantitative estimate of drug-likeness (QED) is 0.197. The fourth-order valence-corrected chi connectivity index (χ4v) is 5.78. The number of halogens is 1. The lowest BCUT2D eigenvalue weighted by atomic mass is 9.96. The predicted molar refractivity (Wildman–Crippen MR) is 187 cm³/mol. The largest absolute Gasteiger partial charge is 0.226 e. The van der Waals surface area contributed by atoms with Gasteiger partial charge in [0, 0.05) is 11.1 Å². The zero-order valence-electron chi connectivity index (χ0n) is 27.9. The molecule has 0 saturated heterocycles. The molecule has 0 N–H and O–H groups in total. The first kappa shape index (κ1) is 22.8. The number of rotatable bonds is 5. The van der Waals surface area contributed by atoms with Crippen molar-refractivity contribution in [3.05, 3.63) is 163 Å². The minimum Gasteiger partial charge on any atom is -0.208 e. The molecule has 0 unspecified atom stereocenters. The van der Waals surface area contributed by atoms with Crippen LogP contribution >= 0.6 is 11.6 Å². The minimum atomic E-state index is -0.102. The SMILES string of the molecule is [2H]c1c([2H])c(-c2cccc3ccccc23)c([2H])c([2H])c1-c1ccc(-c2nc(Cl)nc(-c3ccc4cc(-c5ccccc5)ccc4c3)n2)cc1. The molecule has 0 saturated carbocycles. The number of benzene rings is 7. The highest BCUT2D eigenvalue weighted by molar-refractivity contribution is 6.28. The highest BCUT2D eigenvalue weighted by atomic mass is 35.5. The topological polar surface area (TPSA) is 38.7 Å². The Morgan fingerprint density at radius 1 is 0.400 bits per heavy atom. The van der Waals surface area contributed by atoms with Crippen LogP contribution in [0.5, 0.6) is 0 Å². The maximum atomic E-state index is 8.91. The lowest BCUT2D eigenvalue weighted by molar-refractivity contribution is 1.07. The van der Waals surface area contributed by atoms with Gasteiger partial charge in [0.1, 0.15) is 0 Å². The number of hydrogen-bond donors (Lipinski definition) is 0. The second-order valence-electron chi connectivity index (χ2n) is 10.7. The highest BCUT2D eigenvalue weighted by Gasteiger charge is 2.12. The van der Waals surface area contributed by atoms with Gasteiger partial charge in [-0.05, 0) is 78.7 Å². The maximum absolute atomic E-state index is 8.91. The van der Waals surface area contributed by atoms with Gasteiger partial charge in [0.25, 0.3) is 0 Å². The molecule has 0 aliphatic rings. The van der Waals surface area contributed by atoms with E-state index in [2.05, 4.69) is 40.3 Å². The van der Waals surface area contributed by atoms with Gasteiger partial charge in [-0.25, -0.2) is 4.98 Å². The Hall–Kier alpha value is -5.64. The molecule has 0 radical (unpaired) electrons. The van der Waals surface area contributed by atoms with Gasteiger partial charge in [0.2, 0.25) is 5.28 Å². The fourth-order valence-electron chi connectivity index (χ4n) is 5.62. The molecular formula is C41H26ClN3. The summed E-state index contributed by atoms with van der Waals surface area (Å²) in [5.41, 5.74) is 5.50. The zero-order chi connectivity index (χ0) is 33.6. The van der Waals surface area contributed by atoms with Crippen LogP contribution in [0.4, 0.5) is 0 Å². The number of nitrogens with zero attached hydrogens (tertiary/aromatic N) is 3. The van der Waals surface area contributed by atoms with Crippen molar-refractivity contribution in [2.45, 2.75) is 0 Å². The van der Waals surface area contributed by atoms with E-state index in [9.17, 15) is 0 Å². The Bertz CT molecular complexity index is 2520. The molecule has 1 heterocycles. The average molecular weight is 600 g/mol. The molecule has 7 aromatic carbocycles. The van der Waals surface area contributed by atoms with Crippen molar-refractivity contribution in [1.82, 2.24) is 15.0 Å². The van der Waals surface area contributed by atoms with E-state index in [0.29, 0.717) is 28.3 Å². The summed E-state index contributed by atoms with van der Waals surface area (Å²) in [7, 11) is 0. The van der Waals surface area contributed by atoms with Crippen molar-refractivity contribution in [1.29, 1.82) is 0 Å². The van der Waals surface area contributed by atoms with Crippen molar-refractivity contribution < 1.29 is 5.48 Å². The predicted octanol–water partition coefficient (Wildman–Crippen LogP) is 11.2. The van der Waals surface area contributed by atoms with Crippen molar-refractivity contribution >= 4 is 33.1 Å². The Labute approximate surface area is 272 Å². The van der Waals surface area contributed by atoms with Gasteiger partial charge >= 0.3 is 0 Å². The van der Waals surface area contributed by atoms with Crippen LogP contribution in [0.1, 0.15) is 5.48 Å². The molecule has 0 fully saturated rings. The molecule has 0 aliphatic carbocycles. The second-order valence-corrected chi connectivity index (χ2v) is 11.1. The smallest absolute Gasteiger partial charge is 0.208 e. The summed E-state index contributed by atoms with van der Waals surface area (Å²) in [5, 5.41) is 4.05. The number of aromatic nitrogens is 3. The lowest BCUT2D eigenvalue weighted by Gasteiger charge is -2.09. The third-order valence-corrected chi connectivity index (χ3v) is 8.10. The van der Waals surface area contributed by atoms with Gasteiger partial charge in [-0.2, -0.15) is 9.97 Å². The first-order valence-electron chi connectivity index (χ1n) is 16.6. The van der Waals surface area contributed by atoms with E-state index in [0.717, 1.165) is 38.2 Å². The second kappa shape index (κ2) is 11.5. The van der Waals surface area contributed by atoms with E-state index in [4.69, 9.17) is 22.1 Å². The van der Waals surface area contributed by atoms with Gasteiger partial charge < -0.3 is 0 Å². The van der Waals surface area contributed by atoms with Crippen LogP contribution in [-0.2, 0) is 0 Å². The molecule has 8 rings (SSSR count). The van der Waals surface area contributed by atoms with Crippen LogP contribution in [0.2, 0.25) is 5.28 Å². The van der Waals surface area contributed by atoms with Crippen molar-refractivity contribution in [3.8, 4) is 56.2 Å². The summed E-state index contributed by atoms with van der Waals surface area (Å²) < 4.78 is 35.6. The molecule has 1 aromatic heterocycles. The average Bonchev–Trinajstić information content (AvgIpc) is 3.14. The van der Waals surface area contributed by atoms with Gasteiger partial charge in [-0.3, -0.25) is 0 Å². The number of fused-ring (bicyclic) bond motifs is 2. The standard InChI is InChI=1S/C41H26ClN3/c42-41-44-39(43-40(45-41)36-24-23-34-25-33(21-22-35(34)26-36)27-7-2-1-3-8-27)32-19-15-29(16-20-32)28-13-17-31(18-14-28)38-12-6-10-30-9-4-5-11-37(30)38/h1-26H/i13D,14D,17D,18D. The van der Waals surface area contributed by atoms with Crippen molar-refractivity contribution in [2.75, 3.05) is 0 Å². The molecule has 0 spiro atoms. The van der Waals surface area contributed by atoms with E-state index in [1.807, 2.05) is 78.9 Å². The van der Waals surface area contributed by atoms with Crippen LogP contribution in [0.25, 0.3) is 77.7 Å². The van der Waals surface area contributed by atoms with Crippen LogP contribution in [0.3, 0.4) is 0 Å².